The Morgan fingerprint density at radius 2 is 1.61 bits per heavy atom. The van der Waals surface area contributed by atoms with E-state index < -0.39 is 0 Å². The van der Waals surface area contributed by atoms with Crippen molar-refractivity contribution in [2.75, 3.05) is 13.1 Å². The minimum atomic E-state index is 0.780. The van der Waals surface area contributed by atoms with Gasteiger partial charge < -0.3 is 5.32 Å². The fourth-order valence-corrected chi connectivity index (χ4v) is 3.48. The smallest absolute Gasteiger partial charge is 0.00177 e. The van der Waals surface area contributed by atoms with Crippen molar-refractivity contribution in [1.29, 1.82) is 0 Å². The topological polar surface area (TPSA) is 12.0 Å². The molecule has 1 nitrogen and oxygen atoms in total. The van der Waals surface area contributed by atoms with Crippen LogP contribution in [0.15, 0.2) is 0 Å². The third-order valence-electron chi connectivity index (χ3n) is 4.82. The zero-order valence-electron chi connectivity index (χ0n) is 13.2. The van der Waals surface area contributed by atoms with E-state index in [-0.39, 0.29) is 0 Å². The van der Waals surface area contributed by atoms with Gasteiger partial charge in [-0.3, -0.25) is 0 Å². The zero-order chi connectivity index (χ0) is 13.4. The maximum Gasteiger partial charge on any atom is -0.00177 e. The van der Waals surface area contributed by atoms with Gasteiger partial charge in [0.05, 0.1) is 0 Å². The second-order valence-electron chi connectivity index (χ2n) is 6.77. The first-order valence-electron chi connectivity index (χ1n) is 8.38. The molecule has 18 heavy (non-hydrogen) atoms. The first-order valence-corrected chi connectivity index (χ1v) is 8.38. The van der Waals surface area contributed by atoms with E-state index in [2.05, 4.69) is 33.0 Å². The van der Waals surface area contributed by atoms with Gasteiger partial charge in [-0.2, -0.15) is 0 Å². The third kappa shape index (κ3) is 5.73. The summed E-state index contributed by atoms with van der Waals surface area (Å²) in [6, 6.07) is 0. The average molecular weight is 253 g/mol. The molecule has 1 saturated carbocycles. The van der Waals surface area contributed by atoms with Gasteiger partial charge in [-0.15, -0.1) is 0 Å². The highest BCUT2D eigenvalue weighted by Gasteiger charge is 2.26. The first-order chi connectivity index (χ1) is 8.67. The van der Waals surface area contributed by atoms with E-state index >= 15 is 0 Å². The first kappa shape index (κ1) is 16.0. The maximum absolute atomic E-state index is 3.72. The Balaban J connectivity index is 2.40. The second-order valence-corrected chi connectivity index (χ2v) is 6.77. The molecule has 0 aromatic rings. The van der Waals surface area contributed by atoms with Crippen LogP contribution in [-0.4, -0.2) is 13.1 Å². The van der Waals surface area contributed by atoms with Gasteiger partial charge in [0, 0.05) is 0 Å². The molecule has 108 valence electrons. The van der Waals surface area contributed by atoms with Crippen molar-refractivity contribution in [1.82, 2.24) is 5.32 Å². The Kier molecular flexibility index (Phi) is 7.97. The normalized spacial score (nSPS) is 19.0. The molecule has 1 unspecified atom stereocenters. The SMILES string of the molecule is CCC(CC)CC(CNCC(C)C)C1CCCC1. The minimum Gasteiger partial charge on any atom is -0.316 e. The number of hydrogen-bond donors (Lipinski definition) is 1. The summed E-state index contributed by atoms with van der Waals surface area (Å²) in [7, 11) is 0. The quantitative estimate of drug-likeness (QED) is 0.618. The highest BCUT2D eigenvalue weighted by Crippen LogP contribution is 2.35. The summed E-state index contributed by atoms with van der Waals surface area (Å²) in [5.41, 5.74) is 0. The van der Waals surface area contributed by atoms with Gasteiger partial charge in [-0.25, -0.2) is 0 Å². The molecule has 0 amide bonds. The Morgan fingerprint density at radius 3 is 2.11 bits per heavy atom. The number of rotatable bonds is 9. The van der Waals surface area contributed by atoms with Gasteiger partial charge >= 0.3 is 0 Å². The lowest BCUT2D eigenvalue weighted by atomic mass is 9.81. The molecule has 0 aliphatic heterocycles. The average Bonchev–Trinajstić information content (AvgIpc) is 2.87. The van der Waals surface area contributed by atoms with Crippen molar-refractivity contribution in [3.63, 3.8) is 0 Å². The third-order valence-corrected chi connectivity index (χ3v) is 4.82. The lowest BCUT2D eigenvalue weighted by Crippen LogP contribution is -2.31. The van der Waals surface area contributed by atoms with Crippen molar-refractivity contribution in [3.8, 4) is 0 Å². The molecule has 0 radical (unpaired) electrons. The second kappa shape index (κ2) is 8.96. The van der Waals surface area contributed by atoms with Crippen LogP contribution in [0.5, 0.6) is 0 Å². The van der Waals surface area contributed by atoms with Crippen molar-refractivity contribution in [3.05, 3.63) is 0 Å². The van der Waals surface area contributed by atoms with Crippen LogP contribution >= 0.6 is 0 Å². The maximum atomic E-state index is 3.72. The molecule has 0 aromatic carbocycles. The van der Waals surface area contributed by atoms with E-state index in [0.717, 1.165) is 23.7 Å². The summed E-state index contributed by atoms with van der Waals surface area (Å²) in [5.74, 6) is 3.69. The Labute approximate surface area is 115 Å². The molecule has 0 aromatic heterocycles. The van der Waals surface area contributed by atoms with Crippen molar-refractivity contribution >= 4 is 0 Å². The molecule has 1 aliphatic rings. The van der Waals surface area contributed by atoms with Crippen LogP contribution in [-0.2, 0) is 0 Å². The summed E-state index contributed by atoms with van der Waals surface area (Å²) in [5, 5.41) is 3.72. The van der Waals surface area contributed by atoms with Crippen molar-refractivity contribution in [2.24, 2.45) is 23.7 Å². The van der Waals surface area contributed by atoms with Crippen LogP contribution in [0.3, 0.4) is 0 Å². The molecule has 0 heterocycles. The summed E-state index contributed by atoms with van der Waals surface area (Å²) in [6.07, 6.45) is 10.1. The Hall–Kier alpha value is -0.0400. The van der Waals surface area contributed by atoms with Crippen LogP contribution in [0.4, 0.5) is 0 Å². The van der Waals surface area contributed by atoms with Gasteiger partial charge in [0.15, 0.2) is 0 Å². The molecule has 1 atom stereocenters. The number of nitrogens with one attached hydrogen (secondary N) is 1. The summed E-state index contributed by atoms with van der Waals surface area (Å²) in [4.78, 5) is 0. The fraction of sp³-hybridized carbons (Fsp3) is 1.00. The molecule has 0 spiro atoms. The monoisotopic (exact) mass is 253 g/mol. The highest BCUT2D eigenvalue weighted by molar-refractivity contribution is 4.79. The Morgan fingerprint density at radius 1 is 1.00 bits per heavy atom. The molecule has 1 rings (SSSR count). The molecule has 1 fully saturated rings. The van der Waals surface area contributed by atoms with Crippen LogP contribution in [0, 0.1) is 23.7 Å². The summed E-state index contributed by atoms with van der Waals surface area (Å²) >= 11 is 0. The van der Waals surface area contributed by atoms with Gasteiger partial charge in [-0.1, -0.05) is 66.2 Å². The van der Waals surface area contributed by atoms with E-state index in [0.29, 0.717) is 0 Å². The molecule has 0 bridgehead atoms. The minimum absolute atomic E-state index is 0.780. The van der Waals surface area contributed by atoms with Crippen molar-refractivity contribution < 1.29 is 0 Å². The predicted octanol–water partition coefficient (Wildman–Crippen LogP) is 4.86. The van der Waals surface area contributed by atoms with E-state index in [1.165, 1.54) is 58.0 Å². The van der Waals surface area contributed by atoms with Gasteiger partial charge in [0.1, 0.15) is 0 Å². The van der Waals surface area contributed by atoms with Gasteiger partial charge in [0.25, 0.3) is 0 Å². The molecule has 1 N–H and O–H groups in total. The van der Waals surface area contributed by atoms with Gasteiger partial charge in [0.2, 0.25) is 0 Å². The zero-order valence-corrected chi connectivity index (χ0v) is 13.2. The molecular weight excluding hydrogens is 218 g/mol. The van der Waals surface area contributed by atoms with E-state index in [4.69, 9.17) is 0 Å². The fourth-order valence-electron chi connectivity index (χ4n) is 3.48. The largest absolute Gasteiger partial charge is 0.316 e. The van der Waals surface area contributed by atoms with E-state index in [9.17, 15) is 0 Å². The molecule has 0 saturated heterocycles. The summed E-state index contributed by atoms with van der Waals surface area (Å²) in [6.45, 7) is 11.8. The van der Waals surface area contributed by atoms with Crippen LogP contribution < -0.4 is 5.32 Å². The highest BCUT2D eigenvalue weighted by atomic mass is 14.9. The van der Waals surface area contributed by atoms with Crippen LogP contribution in [0.2, 0.25) is 0 Å². The molecular formula is C17H35N. The van der Waals surface area contributed by atoms with Gasteiger partial charge in [-0.05, 0) is 43.2 Å². The van der Waals surface area contributed by atoms with Crippen molar-refractivity contribution in [2.45, 2.75) is 72.6 Å². The van der Waals surface area contributed by atoms with Crippen LogP contribution in [0.25, 0.3) is 0 Å². The van der Waals surface area contributed by atoms with E-state index in [1.54, 1.807) is 0 Å². The van der Waals surface area contributed by atoms with Crippen LogP contribution in [0.1, 0.15) is 72.6 Å². The summed E-state index contributed by atoms with van der Waals surface area (Å²) < 4.78 is 0. The Bertz CT molecular complexity index is 190. The number of hydrogen-bond acceptors (Lipinski definition) is 1. The lowest BCUT2D eigenvalue weighted by Gasteiger charge is -2.28. The lowest BCUT2D eigenvalue weighted by molar-refractivity contribution is 0.250. The van der Waals surface area contributed by atoms with E-state index in [1.807, 2.05) is 0 Å². The predicted molar refractivity (Wildman–Crippen MR) is 81.8 cm³/mol. The molecule has 1 aliphatic carbocycles. The standard InChI is InChI=1S/C17H35N/c1-5-15(6-2)11-17(13-18-12-14(3)4)16-9-7-8-10-16/h14-18H,5-13H2,1-4H3. The molecule has 1 heteroatoms.